The molecular formula is C16H16N2O2S. The number of nitrogen functional groups attached to an aromatic ring is 1. The quantitative estimate of drug-likeness (QED) is 0.746. The summed E-state index contributed by atoms with van der Waals surface area (Å²) < 4.78 is 11.8. The summed E-state index contributed by atoms with van der Waals surface area (Å²) >= 11 is 1.62. The summed E-state index contributed by atoms with van der Waals surface area (Å²) in [4.78, 5) is 4.66. The minimum Gasteiger partial charge on any atom is -0.493 e. The van der Waals surface area contributed by atoms with E-state index in [4.69, 9.17) is 15.2 Å². The summed E-state index contributed by atoms with van der Waals surface area (Å²) in [6, 6.07) is 9.86. The van der Waals surface area contributed by atoms with Gasteiger partial charge in [0.1, 0.15) is 5.01 Å². The van der Waals surface area contributed by atoms with Crippen molar-refractivity contribution in [3.63, 3.8) is 0 Å². The van der Waals surface area contributed by atoms with E-state index in [1.165, 1.54) is 5.56 Å². The third-order valence-electron chi connectivity index (χ3n) is 3.33. The summed E-state index contributed by atoms with van der Waals surface area (Å²) in [5.41, 5.74) is 9.83. The maximum atomic E-state index is 6.14. The second-order valence-electron chi connectivity index (χ2n) is 4.78. The lowest BCUT2D eigenvalue weighted by Crippen LogP contribution is -1.95. The van der Waals surface area contributed by atoms with E-state index >= 15 is 0 Å². The van der Waals surface area contributed by atoms with Crippen LogP contribution in [0.3, 0.4) is 0 Å². The van der Waals surface area contributed by atoms with Gasteiger partial charge >= 0.3 is 0 Å². The van der Waals surface area contributed by atoms with Gasteiger partial charge < -0.3 is 15.2 Å². The number of rotatable bonds is 3. The molecule has 1 heterocycles. The first-order chi connectivity index (χ1) is 10.1. The molecule has 0 radical (unpaired) electrons. The molecule has 0 atom stereocenters. The van der Waals surface area contributed by atoms with Crippen LogP contribution in [0.25, 0.3) is 20.8 Å². The van der Waals surface area contributed by atoms with Crippen molar-refractivity contribution in [1.82, 2.24) is 4.98 Å². The summed E-state index contributed by atoms with van der Waals surface area (Å²) in [5, 5.41) is 0.883. The number of aryl methyl sites for hydroxylation is 1. The first-order valence-electron chi connectivity index (χ1n) is 6.51. The predicted octanol–water partition coefficient (Wildman–Crippen LogP) is 3.87. The largest absolute Gasteiger partial charge is 0.493 e. The van der Waals surface area contributed by atoms with Crippen LogP contribution in [-0.2, 0) is 0 Å². The Hall–Kier alpha value is -2.27. The number of fused-ring (bicyclic) bond motifs is 1. The summed E-state index contributed by atoms with van der Waals surface area (Å²) in [7, 11) is 3.21. The predicted molar refractivity (Wildman–Crippen MR) is 87.3 cm³/mol. The van der Waals surface area contributed by atoms with E-state index in [0.717, 1.165) is 20.8 Å². The molecule has 0 bridgehead atoms. The molecule has 21 heavy (non-hydrogen) atoms. The molecular weight excluding hydrogens is 284 g/mol. The number of hydrogen-bond acceptors (Lipinski definition) is 5. The highest BCUT2D eigenvalue weighted by Crippen LogP contribution is 2.40. The number of nitrogens with two attached hydrogens (primary N) is 1. The van der Waals surface area contributed by atoms with Gasteiger partial charge in [-0.05, 0) is 30.7 Å². The molecule has 0 saturated carbocycles. The molecule has 3 rings (SSSR count). The molecule has 2 aromatic carbocycles. The normalized spacial score (nSPS) is 10.8. The topological polar surface area (TPSA) is 57.4 Å². The Balaban J connectivity index is 2.17. The molecule has 0 aliphatic rings. The van der Waals surface area contributed by atoms with Crippen molar-refractivity contribution < 1.29 is 9.47 Å². The second kappa shape index (κ2) is 5.26. The monoisotopic (exact) mass is 300 g/mol. The van der Waals surface area contributed by atoms with Crippen molar-refractivity contribution in [2.24, 2.45) is 0 Å². The molecule has 0 amide bonds. The molecule has 0 saturated heterocycles. The van der Waals surface area contributed by atoms with E-state index < -0.39 is 0 Å². The van der Waals surface area contributed by atoms with Crippen LogP contribution in [0.1, 0.15) is 5.56 Å². The fraction of sp³-hybridized carbons (Fsp3) is 0.188. The Labute approximate surface area is 127 Å². The number of thiazole rings is 1. The fourth-order valence-electron chi connectivity index (χ4n) is 2.23. The van der Waals surface area contributed by atoms with Gasteiger partial charge in [0.15, 0.2) is 11.5 Å². The van der Waals surface area contributed by atoms with E-state index in [9.17, 15) is 0 Å². The molecule has 0 fully saturated rings. The van der Waals surface area contributed by atoms with Crippen LogP contribution < -0.4 is 15.2 Å². The molecule has 0 aliphatic carbocycles. The molecule has 1 aromatic heterocycles. The average molecular weight is 300 g/mol. The van der Waals surface area contributed by atoms with E-state index in [2.05, 4.69) is 24.0 Å². The van der Waals surface area contributed by atoms with Crippen LogP contribution in [0.5, 0.6) is 11.5 Å². The van der Waals surface area contributed by atoms with E-state index in [-0.39, 0.29) is 0 Å². The highest BCUT2D eigenvalue weighted by molar-refractivity contribution is 7.21. The van der Waals surface area contributed by atoms with Gasteiger partial charge in [0.2, 0.25) is 0 Å². The average Bonchev–Trinajstić information content (AvgIpc) is 2.89. The van der Waals surface area contributed by atoms with Crippen LogP contribution >= 0.6 is 11.3 Å². The molecule has 0 unspecified atom stereocenters. The maximum absolute atomic E-state index is 6.14. The Kier molecular flexibility index (Phi) is 3.43. The lowest BCUT2D eigenvalue weighted by Gasteiger charge is -2.10. The number of anilines is 1. The van der Waals surface area contributed by atoms with Crippen molar-refractivity contribution in [1.29, 1.82) is 0 Å². The SMILES string of the molecule is COc1cc(N)c(-c2nc3ccc(C)cc3s2)cc1OC. The van der Waals surface area contributed by atoms with E-state index in [1.54, 1.807) is 31.6 Å². The Bertz CT molecular complexity index is 811. The van der Waals surface area contributed by atoms with Crippen molar-refractivity contribution in [2.45, 2.75) is 6.92 Å². The van der Waals surface area contributed by atoms with E-state index in [0.29, 0.717) is 17.2 Å². The number of ether oxygens (including phenoxy) is 2. The van der Waals surface area contributed by atoms with Crippen molar-refractivity contribution in [3.05, 3.63) is 35.9 Å². The minimum absolute atomic E-state index is 0.621. The van der Waals surface area contributed by atoms with Gasteiger partial charge in [-0.1, -0.05) is 6.07 Å². The van der Waals surface area contributed by atoms with Gasteiger partial charge in [0.05, 0.1) is 24.4 Å². The Morgan fingerprint density at radius 3 is 2.48 bits per heavy atom. The fourth-order valence-corrected chi connectivity index (χ4v) is 3.33. The summed E-state index contributed by atoms with van der Waals surface area (Å²) in [6.45, 7) is 2.07. The zero-order valence-corrected chi connectivity index (χ0v) is 13.0. The first kappa shape index (κ1) is 13.7. The minimum atomic E-state index is 0.621. The van der Waals surface area contributed by atoms with Crippen LogP contribution in [-0.4, -0.2) is 19.2 Å². The molecule has 0 aliphatic heterocycles. The van der Waals surface area contributed by atoms with Crippen LogP contribution in [0.15, 0.2) is 30.3 Å². The number of aromatic nitrogens is 1. The van der Waals surface area contributed by atoms with Crippen molar-refractivity contribution in [2.75, 3.05) is 20.0 Å². The van der Waals surface area contributed by atoms with Gasteiger partial charge in [-0.15, -0.1) is 11.3 Å². The van der Waals surface area contributed by atoms with Crippen LogP contribution in [0.4, 0.5) is 5.69 Å². The summed E-state index contributed by atoms with van der Waals surface area (Å²) in [6.07, 6.45) is 0. The molecule has 4 nitrogen and oxygen atoms in total. The molecule has 3 aromatic rings. The maximum Gasteiger partial charge on any atom is 0.162 e. The lowest BCUT2D eigenvalue weighted by molar-refractivity contribution is 0.355. The lowest BCUT2D eigenvalue weighted by atomic mass is 10.1. The number of benzene rings is 2. The molecule has 0 spiro atoms. The first-order valence-corrected chi connectivity index (χ1v) is 7.33. The Morgan fingerprint density at radius 1 is 1.05 bits per heavy atom. The third-order valence-corrected chi connectivity index (χ3v) is 4.38. The molecule has 2 N–H and O–H groups in total. The zero-order valence-electron chi connectivity index (χ0n) is 12.1. The van der Waals surface area contributed by atoms with Gasteiger partial charge in [-0.3, -0.25) is 0 Å². The number of methoxy groups -OCH3 is 2. The number of nitrogens with zero attached hydrogens (tertiary/aromatic N) is 1. The van der Waals surface area contributed by atoms with Gasteiger partial charge in [0, 0.05) is 17.3 Å². The van der Waals surface area contributed by atoms with Crippen LogP contribution in [0, 0.1) is 6.92 Å². The highest BCUT2D eigenvalue weighted by Gasteiger charge is 2.14. The second-order valence-corrected chi connectivity index (χ2v) is 5.82. The molecule has 5 heteroatoms. The third kappa shape index (κ3) is 2.40. The number of hydrogen-bond donors (Lipinski definition) is 1. The van der Waals surface area contributed by atoms with Crippen LogP contribution in [0.2, 0.25) is 0 Å². The summed E-state index contributed by atoms with van der Waals surface area (Å²) in [5.74, 6) is 1.27. The smallest absolute Gasteiger partial charge is 0.162 e. The van der Waals surface area contributed by atoms with E-state index in [1.807, 2.05) is 12.1 Å². The van der Waals surface area contributed by atoms with Gasteiger partial charge in [-0.25, -0.2) is 4.98 Å². The Morgan fingerprint density at radius 2 is 1.76 bits per heavy atom. The molecule has 108 valence electrons. The van der Waals surface area contributed by atoms with Gasteiger partial charge in [-0.2, -0.15) is 0 Å². The highest BCUT2D eigenvalue weighted by atomic mass is 32.1. The zero-order chi connectivity index (χ0) is 15.0. The van der Waals surface area contributed by atoms with Crippen molar-refractivity contribution >= 4 is 27.2 Å². The van der Waals surface area contributed by atoms with Crippen molar-refractivity contribution in [3.8, 4) is 22.1 Å². The van der Waals surface area contributed by atoms with Gasteiger partial charge in [0.25, 0.3) is 0 Å². The standard InChI is InChI=1S/C16H16N2O2S/c1-9-4-5-12-15(6-9)21-16(18-12)10-7-13(19-2)14(20-3)8-11(10)17/h4-8H,17H2,1-3H3.